The molecule has 0 saturated carbocycles. The molecule has 0 atom stereocenters. The van der Waals surface area contributed by atoms with Crippen molar-refractivity contribution in [1.82, 2.24) is 0 Å². The maximum absolute atomic E-state index is 10.2. The van der Waals surface area contributed by atoms with Crippen molar-refractivity contribution in [2.75, 3.05) is 0 Å². The Kier molecular flexibility index (Phi) is 8.08. The molecule has 6 heteroatoms. The van der Waals surface area contributed by atoms with Gasteiger partial charge >= 0.3 is 51.4 Å². The maximum Gasteiger partial charge on any atom is 1.00 e. The number of carbonyl (C=O) groups excluding carboxylic acids is 1. The minimum Gasteiger partial charge on any atom is -0.545 e. The SMILES string of the molecule is C/C(=C\C(=O)[O-])N=Nc1ccc(Cl)cc1.[K+]. The van der Waals surface area contributed by atoms with Gasteiger partial charge in [-0.05, 0) is 37.3 Å². The average molecular weight is 263 g/mol. The summed E-state index contributed by atoms with van der Waals surface area (Å²) in [6.07, 6.45) is 0.874. The number of hydrogen-bond acceptors (Lipinski definition) is 4. The molecule has 0 unspecified atom stereocenters. The number of carbonyl (C=O) groups is 1. The van der Waals surface area contributed by atoms with E-state index in [1.165, 1.54) is 6.92 Å². The predicted molar refractivity (Wildman–Crippen MR) is 54.7 cm³/mol. The van der Waals surface area contributed by atoms with Crippen molar-refractivity contribution in [3.8, 4) is 0 Å². The van der Waals surface area contributed by atoms with Gasteiger partial charge in [-0.1, -0.05) is 11.6 Å². The van der Waals surface area contributed by atoms with E-state index < -0.39 is 5.97 Å². The molecule has 0 aliphatic heterocycles. The van der Waals surface area contributed by atoms with Crippen molar-refractivity contribution in [1.29, 1.82) is 0 Å². The predicted octanol–water partition coefficient (Wildman–Crippen LogP) is -0.919. The Balaban J connectivity index is 0.00000225. The van der Waals surface area contributed by atoms with Crippen molar-refractivity contribution >= 4 is 23.3 Å². The van der Waals surface area contributed by atoms with E-state index in [9.17, 15) is 9.90 Å². The van der Waals surface area contributed by atoms with E-state index in [1.807, 2.05) is 0 Å². The summed E-state index contributed by atoms with van der Waals surface area (Å²) in [7, 11) is 0. The second kappa shape index (κ2) is 8.11. The second-order valence-corrected chi connectivity index (χ2v) is 3.22. The Morgan fingerprint density at radius 3 is 2.44 bits per heavy atom. The zero-order valence-corrected chi connectivity index (χ0v) is 12.9. The standard InChI is InChI=1S/C10H9ClN2O2.K/c1-7(6-10(14)15)12-13-9-4-2-8(11)3-5-9;/h2-6H,1H3,(H,14,15);/q;+1/p-1/b7-6+,13-12?;. The molecule has 16 heavy (non-hydrogen) atoms. The second-order valence-electron chi connectivity index (χ2n) is 2.78. The molecule has 0 heterocycles. The van der Waals surface area contributed by atoms with Gasteiger partial charge < -0.3 is 9.90 Å². The molecule has 4 nitrogen and oxygen atoms in total. The number of allylic oxidation sites excluding steroid dienone is 1. The Morgan fingerprint density at radius 2 is 1.94 bits per heavy atom. The van der Waals surface area contributed by atoms with Gasteiger partial charge in [0.2, 0.25) is 0 Å². The number of carboxylic acids is 1. The number of azo groups is 1. The fourth-order valence-electron chi connectivity index (χ4n) is 0.844. The van der Waals surface area contributed by atoms with Crippen LogP contribution < -0.4 is 56.5 Å². The molecule has 1 aromatic rings. The molecule has 0 bridgehead atoms. The van der Waals surface area contributed by atoms with Crippen molar-refractivity contribution < 1.29 is 61.3 Å². The van der Waals surface area contributed by atoms with E-state index in [0.717, 1.165) is 6.08 Å². The molecule has 0 aliphatic carbocycles. The molecule has 1 aromatic carbocycles. The molecular formula is C10H8ClKN2O2. The van der Waals surface area contributed by atoms with Crippen molar-refractivity contribution in [2.45, 2.75) is 6.92 Å². The first-order valence-corrected chi connectivity index (χ1v) is 4.52. The van der Waals surface area contributed by atoms with E-state index in [4.69, 9.17) is 11.6 Å². The van der Waals surface area contributed by atoms with Gasteiger partial charge in [0.05, 0.1) is 17.4 Å². The number of carboxylic acid groups (broad SMARTS) is 1. The summed E-state index contributed by atoms with van der Waals surface area (Å²) in [4.78, 5) is 10.2. The summed E-state index contributed by atoms with van der Waals surface area (Å²) in [5.74, 6) is -1.29. The Labute approximate surface area is 141 Å². The maximum atomic E-state index is 10.2. The first-order valence-electron chi connectivity index (χ1n) is 4.14. The average Bonchev–Trinajstić information content (AvgIpc) is 2.16. The molecule has 0 aromatic heterocycles. The van der Waals surface area contributed by atoms with E-state index in [0.29, 0.717) is 10.7 Å². The summed E-state index contributed by atoms with van der Waals surface area (Å²) in [5, 5.41) is 18.3. The van der Waals surface area contributed by atoms with Crippen LogP contribution in [0.5, 0.6) is 0 Å². The first-order chi connectivity index (χ1) is 7.08. The first kappa shape index (κ1) is 16.0. The molecule has 0 aliphatic rings. The van der Waals surface area contributed by atoms with Gasteiger partial charge in [-0.3, -0.25) is 0 Å². The number of benzene rings is 1. The molecule has 0 fully saturated rings. The van der Waals surface area contributed by atoms with Gasteiger partial charge in [-0.2, -0.15) is 10.2 Å². The number of aliphatic carboxylic acids is 1. The third-order valence-electron chi connectivity index (χ3n) is 1.48. The zero-order valence-electron chi connectivity index (χ0n) is 8.98. The van der Waals surface area contributed by atoms with Gasteiger partial charge in [0, 0.05) is 5.02 Å². The fourth-order valence-corrected chi connectivity index (χ4v) is 0.970. The molecule has 1 rings (SSSR count). The van der Waals surface area contributed by atoms with Crippen LogP contribution in [0.1, 0.15) is 6.92 Å². The van der Waals surface area contributed by atoms with E-state index in [2.05, 4.69) is 10.2 Å². The number of rotatable bonds is 3. The third kappa shape index (κ3) is 6.52. The monoisotopic (exact) mass is 262 g/mol. The Bertz CT molecular complexity index is 415. The van der Waals surface area contributed by atoms with Crippen LogP contribution in [-0.4, -0.2) is 5.97 Å². The van der Waals surface area contributed by atoms with Crippen molar-refractivity contribution in [3.63, 3.8) is 0 Å². The van der Waals surface area contributed by atoms with Crippen LogP contribution in [0.25, 0.3) is 0 Å². The molecular weight excluding hydrogens is 255 g/mol. The van der Waals surface area contributed by atoms with Crippen LogP contribution in [0.4, 0.5) is 5.69 Å². The van der Waals surface area contributed by atoms with Crippen LogP contribution in [0.15, 0.2) is 46.3 Å². The minimum atomic E-state index is -1.29. The van der Waals surface area contributed by atoms with Crippen LogP contribution >= 0.6 is 11.6 Å². The summed E-state index contributed by atoms with van der Waals surface area (Å²) in [6, 6.07) is 6.71. The number of hydrogen-bond donors (Lipinski definition) is 0. The molecule has 78 valence electrons. The van der Waals surface area contributed by atoms with Gasteiger partial charge in [-0.25, -0.2) is 0 Å². The van der Waals surface area contributed by atoms with Crippen LogP contribution in [0, 0.1) is 0 Å². The molecule has 0 N–H and O–H groups in total. The smallest absolute Gasteiger partial charge is 0.545 e. The Morgan fingerprint density at radius 1 is 1.38 bits per heavy atom. The molecule has 0 amide bonds. The van der Waals surface area contributed by atoms with Crippen molar-refractivity contribution in [2.24, 2.45) is 10.2 Å². The van der Waals surface area contributed by atoms with Crippen LogP contribution in [0.2, 0.25) is 5.02 Å². The van der Waals surface area contributed by atoms with Crippen LogP contribution in [-0.2, 0) is 4.79 Å². The van der Waals surface area contributed by atoms with Crippen molar-refractivity contribution in [3.05, 3.63) is 41.1 Å². The topological polar surface area (TPSA) is 64.8 Å². The molecule has 0 radical (unpaired) electrons. The summed E-state index contributed by atoms with van der Waals surface area (Å²) in [6.45, 7) is 1.52. The fraction of sp³-hybridized carbons (Fsp3) is 0.100. The van der Waals surface area contributed by atoms with E-state index in [-0.39, 0.29) is 57.1 Å². The van der Waals surface area contributed by atoms with E-state index >= 15 is 0 Å². The van der Waals surface area contributed by atoms with Gasteiger partial charge in [-0.15, -0.1) is 0 Å². The van der Waals surface area contributed by atoms with Gasteiger partial charge in [0.15, 0.2) is 0 Å². The minimum absolute atomic E-state index is 0. The third-order valence-corrected chi connectivity index (χ3v) is 1.73. The summed E-state index contributed by atoms with van der Waals surface area (Å²) < 4.78 is 0. The quantitative estimate of drug-likeness (QED) is 0.402. The largest absolute Gasteiger partial charge is 1.00 e. The zero-order chi connectivity index (χ0) is 11.3. The molecule has 0 saturated heterocycles. The number of halogens is 1. The molecule has 0 spiro atoms. The summed E-state index contributed by atoms with van der Waals surface area (Å²) >= 11 is 5.67. The van der Waals surface area contributed by atoms with Crippen LogP contribution in [0.3, 0.4) is 0 Å². The Hall–Kier alpha value is -0.0436. The summed E-state index contributed by atoms with van der Waals surface area (Å²) in [5.41, 5.74) is 0.871. The van der Waals surface area contributed by atoms with Gasteiger partial charge in [0.25, 0.3) is 0 Å². The normalized spacial score (nSPS) is 11.2. The van der Waals surface area contributed by atoms with Gasteiger partial charge in [0.1, 0.15) is 0 Å². The van der Waals surface area contributed by atoms with E-state index in [1.54, 1.807) is 24.3 Å². The number of nitrogens with zero attached hydrogens (tertiary/aromatic N) is 2.